The molecule has 4 nitrogen and oxygen atoms in total. The van der Waals surface area contributed by atoms with Crippen molar-refractivity contribution in [2.24, 2.45) is 0 Å². The van der Waals surface area contributed by atoms with Crippen LogP contribution >= 0.6 is 11.3 Å². The van der Waals surface area contributed by atoms with Gasteiger partial charge in [0.2, 0.25) is 5.95 Å². The second-order valence-electron chi connectivity index (χ2n) is 5.11. The molecule has 0 aromatic carbocycles. The van der Waals surface area contributed by atoms with E-state index in [-0.39, 0.29) is 0 Å². The fourth-order valence-electron chi connectivity index (χ4n) is 2.18. The molecule has 0 aliphatic heterocycles. The Bertz CT molecular complexity index is 519. The van der Waals surface area contributed by atoms with E-state index in [4.69, 9.17) is 0 Å². The van der Waals surface area contributed by atoms with Gasteiger partial charge in [-0.05, 0) is 30.8 Å². The summed E-state index contributed by atoms with van der Waals surface area (Å²) in [6, 6.07) is 4.90. The summed E-state index contributed by atoms with van der Waals surface area (Å²) >= 11 is 1.80. The molecular weight excluding hydrogens is 268 g/mol. The van der Waals surface area contributed by atoms with Gasteiger partial charge in [0.1, 0.15) is 0 Å². The predicted molar refractivity (Wildman–Crippen MR) is 82.9 cm³/mol. The maximum atomic E-state index is 4.55. The molecule has 2 aromatic heterocycles. The Morgan fingerprint density at radius 1 is 1.35 bits per heavy atom. The number of nitrogens with zero attached hydrogens (tertiary/aromatic N) is 3. The fraction of sp³-hybridized carbons (Fsp3) is 0.467. The van der Waals surface area contributed by atoms with Crippen LogP contribution < -0.4 is 10.2 Å². The van der Waals surface area contributed by atoms with Gasteiger partial charge in [0.15, 0.2) is 0 Å². The van der Waals surface area contributed by atoms with Crippen LogP contribution in [0.5, 0.6) is 0 Å². The molecule has 3 rings (SSSR count). The molecule has 0 radical (unpaired) electrons. The molecule has 0 amide bonds. The predicted octanol–water partition coefficient (Wildman–Crippen LogP) is 2.82. The summed E-state index contributed by atoms with van der Waals surface area (Å²) < 4.78 is 0. The molecule has 0 unspecified atom stereocenters. The van der Waals surface area contributed by atoms with Crippen molar-refractivity contribution < 1.29 is 0 Å². The third kappa shape index (κ3) is 3.35. The molecular formula is C15H20N4S. The van der Waals surface area contributed by atoms with Crippen LogP contribution in [0.2, 0.25) is 0 Å². The maximum absolute atomic E-state index is 4.55. The summed E-state index contributed by atoms with van der Waals surface area (Å²) in [5.74, 6) is 0.862. The third-order valence-corrected chi connectivity index (χ3v) is 4.28. The molecule has 106 valence electrons. The summed E-state index contributed by atoms with van der Waals surface area (Å²) in [5.41, 5.74) is 1.14. The number of nitrogens with one attached hydrogen (secondary N) is 1. The Hall–Kier alpha value is -1.46. The van der Waals surface area contributed by atoms with Crippen molar-refractivity contribution in [3.8, 4) is 0 Å². The molecule has 2 heterocycles. The number of anilines is 1. The van der Waals surface area contributed by atoms with Crippen molar-refractivity contribution in [3.63, 3.8) is 0 Å². The van der Waals surface area contributed by atoms with Gasteiger partial charge in [0.05, 0.1) is 6.54 Å². The molecule has 2 aromatic rings. The van der Waals surface area contributed by atoms with E-state index >= 15 is 0 Å². The van der Waals surface area contributed by atoms with E-state index < -0.39 is 0 Å². The van der Waals surface area contributed by atoms with E-state index in [9.17, 15) is 0 Å². The number of hydrogen-bond acceptors (Lipinski definition) is 5. The minimum Gasteiger partial charge on any atom is -0.333 e. The lowest BCUT2D eigenvalue weighted by Crippen LogP contribution is -2.26. The van der Waals surface area contributed by atoms with Crippen LogP contribution in [-0.4, -0.2) is 22.6 Å². The van der Waals surface area contributed by atoms with Crippen LogP contribution in [0.25, 0.3) is 0 Å². The average molecular weight is 288 g/mol. The largest absolute Gasteiger partial charge is 0.333 e. The minimum atomic E-state index is 0.622. The highest BCUT2D eigenvalue weighted by molar-refractivity contribution is 7.09. The van der Waals surface area contributed by atoms with E-state index in [0.717, 1.165) is 31.1 Å². The molecule has 0 bridgehead atoms. The van der Waals surface area contributed by atoms with Crippen LogP contribution in [0.15, 0.2) is 29.9 Å². The Kier molecular flexibility index (Phi) is 4.28. The SMILES string of the molecule is CCNCc1cnc(N(Cc2cccs2)C2CC2)nc1. The highest BCUT2D eigenvalue weighted by Gasteiger charge is 2.31. The Morgan fingerprint density at radius 2 is 2.15 bits per heavy atom. The smallest absolute Gasteiger partial charge is 0.225 e. The van der Waals surface area contributed by atoms with E-state index in [1.807, 2.05) is 12.4 Å². The lowest BCUT2D eigenvalue weighted by molar-refractivity contribution is 0.714. The third-order valence-electron chi connectivity index (χ3n) is 3.42. The minimum absolute atomic E-state index is 0.622. The highest BCUT2D eigenvalue weighted by atomic mass is 32.1. The molecule has 1 aliphatic rings. The molecule has 1 N–H and O–H groups in total. The molecule has 1 saturated carbocycles. The van der Waals surface area contributed by atoms with Gasteiger partial charge in [-0.3, -0.25) is 0 Å². The first-order chi connectivity index (χ1) is 9.86. The lowest BCUT2D eigenvalue weighted by atomic mass is 10.3. The lowest BCUT2D eigenvalue weighted by Gasteiger charge is -2.21. The Labute approximate surface area is 123 Å². The second kappa shape index (κ2) is 6.33. The van der Waals surface area contributed by atoms with Gasteiger partial charge in [-0.15, -0.1) is 11.3 Å². The van der Waals surface area contributed by atoms with Crippen LogP contribution in [0.4, 0.5) is 5.95 Å². The number of aromatic nitrogens is 2. The summed E-state index contributed by atoms with van der Waals surface area (Å²) in [5, 5.41) is 5.42. The van der Waals surface area contributed by atoms with Crippen molar-refractivity contribution >= 4 is 17.3 Å². The van der Waals surface area contributed by atoms with Crippen LogP contribution in [0.1, 0.15) is 30.2 Å². The van der Waals surface area contributed by atoms with Gasteiger partial charge in [-0.1, -0.05) is 13.0 Å². The quantitative estimate of drug-likeness (QED) is 0.850. The molecule has 0 atom stereocenters. The van der Waals surface area contributed by atoms with Crippen LogP contribution in [-0.2, 0) is 13.1 Å². The van der Waals surface area contributed by atoms with Crippen molar-refractivity contribution in [1.29, 1.82) is 0 Å². The zero-order valence-corrected chi connectivity index (χ0v) is 12.6. The zero-order valence-electron chi connectivity index (χ0n) is 11.7. The van der Waals surface area contributed by atoms with Gasteiger partial charge in [0, 0.05) is 35.4 Å². The van der Waals surface area contributed by atoms with Crippen LogP contribution in [0.3, 0.4) is 0 Å². The van der Waals surface area contributed by atoms with E-state index in [2.05, 4.69) is 44.6 Å². The highest BCUT2D eigenvalue weighted by Crippen LogP contribution is 2.31. The molecule has 0 saturated heterocycles. The van der Waals surface area contributed by atoms with Gasteiger partial charge < -0.3 is 10.2 Å². The summed E-state index contributed by atoms with van der Waals surface area (Å²) in [4.78, 5) is 12.8. The zero-order chi connectivity index (χ0) is 13.8. The van der Waals surface area contributed by atoms with Gasteiger partial charge in [-0.25, -0.2) is 9.97 Å². The number of rotatable bonds is 7. The molecule has 1 aliphatic carbocycles. The maximum Gasteiger partial charge on any atom is 0.225 e. The second-order valence-corrected chi connectivity index (χ2v) is 6.14. The van der Waals surface area contributed by atoms with Crippen LogP contribution in [0, 0.1) is 0 Å². The topological polar surface area (TPSA) is 41.1 Å². The van der Waals surface area contributed by atoms with Crippen molar-refractivity contribution in [3.05, 3.63) is 40.3 Å². The normalized spacial score (nSPS) is 14.4. The standard InChI is InChI=1S/C15H20N4S/c1-2-16-8-12-9-17-15(18-10-12)19(13-5-6-13)11-14-4-3-7-20-14/h3-4,7,9-10,13,16H,2,5-6,8,11H2,1H3. The summed E-state index contributed by atoms with van der Waals surface area (Å²) in [6.07, 6.45) is 6.39. The Balaban J connectivity index is 1.70. The van der Waals surface area contributed by atoms with Crippen molar-refractivity contribution in [2.75, 3.05) is 11.4 Å². The van der Waals surface area contributed by atoms with Gasteiger partial charge >= 0.3 is 0 Å². The average Bonchev–Trinajstić information content (AvgIpc) is 3.20. The van der Waals surface area contributed by atoms with Crippen molar-refractivity contribution in [1.82, 2.24) is 15.3 Å². The first kappa shape index (κ1) is 13.5. The molecule has 20 heavy (non-hydrogen) atoms. The Morgan fingerprint density at radius 3 is 2.75 bits per heavy atom. The monoisotopic (exact) mass is 288 g/mol. The number of thiophene rings is 1. The molecule has 0 spiro atoms. The van der Waals surface area contributed by atoms with E-state index in [0.29, 0.717) is 6.04 Å². The van der Waals surface area contributed by atoms with Gasteiger partial charge in [-0.2, -0.15) is 0 Å². The van der Waals surface area contributed by atoms with Crippen molar-refractivity contribution in [2.45, 2.75) is 38.9 Å². The molecule has 1 fully saturated rings. The first-order valence-corrected chi connectivity index (χ1v) is 8.05. The number of hydrogen-bond donors (Lipinski definition) is 1. The first-order valence-electron chi connectivity index (χ1n) is 7.17. The summed E-state index contributed by atoms with van der Waals surface area (Å²) in [6.45, 7) is 4.83. The molecule has 5 heteroatoms. The summed E-state index contributed by atoms with van der Waals surface area (Å²) in [7, 11) is 0. The fourth-order valence-corrected chi connectivity index (χ4v) is 2.88. The van der Waals surface area contributed by atoms with E-state index in [1.54, 1.807) is 11.3 Å². The van der Waals surface area contributed by atoms with Gasteiger partial charge in [0.25, 0.3) is 0 Å². The van der Waals surface area contributed by atoms with E-state index in [1.165, 1.54) is 17.7 Å².